The summed E-state index contributed by atoms with van der Waals surface area (Å²) in [7, 11) is 1.81. The SMILES string of the molecule is COC1(CNCc2ccc[nH]2)CCC1. The zero-order valence-electron chi connectivity index (χ0n) is 8.68. The van der Waals surface area contributed by atoms with Gasteiger partial charge in [0.05, 0.1) is 5.60 Å². The molecular formula is C11H18N2O. The first-order valence-electron chi connectivity index (χ1n) is 5.23. The van der Waals surface area contributed by atoms with E-state index < -0.39 is 0 Å². The maximum absolute atomic E-state index is 5.52. The molecule has 1 aliphatic rings. The summed E-state index contributed by atoms with van der Waals surface area (Å²) in [6.07, 6.45) is 5.65. The van der Waals surface area contributed by atoms with Gasteiger partial charge in [0.2, 0.25) is 0 Å². The molecule has 0 bridgehead atoms. The van der Waals surface area contributed by atoms with Gasteiger partial charge in [-0.25, -0.2) is 0 Å². The van der Waals surface area contributed by atoms with Crippen LogP contribution in [0.5, 0.6) is 0 Å². The van der Waals surface area contributed by atoms with Crippen molar-refractivity contribution >= 4 is 0 Å². The number of methoxy groups -OCH3 is 1. The van der Waals surface area contributed by atoms with Crippen molar-refractivity contribution in [2.75, 3.05) is 13.7 Å². The van der Waals surface area contributed by atoms with E-state index in [0.29, 0.717) is 0 Å². The molecule has 0 atom stereocenters. The number of hydrogen-bond acceptors (Lipinski definition) is 2. The monoisotopic (exact) mass is 194 g/mol. The summed E-state index contributed by atoms with van der Waals surface area (Å²) in [5.41, 5.74) is 1.36. The summed E-state index contributed by atoms with van der Waals surface area (Å²) in [6, 6.07) is 4.11. The Bertz CT molecular complexity index is 259. The number of nitrogens with one attached hydrogen (secondary N) is 2. The molecule has 0 unspecified atom stereocenters. The number of hydrogen-bond donors (Lipinski definition) is 2. The Hall–Kier alpha value is -0.800. The lowest BCUT2D eigenvalue weighted by atomic mass is 9.80. The Morgan fingerprint density at radius 3 is 2.93 bits per heavy atom. The third kappa shape index (κ3) is 1.99. The Morgan fingerprint density at radius 1 is 1.57 bits per heavy atom. The third-order valence-electron chi connectivity index (χ3n) is 3.12. The summed E-state index contributed by atoms with van der Waals surface area (Å²) in [4.78, 5) is 3.17. The minimum atomic E-state index is 0.132. The number of rotatable bonds is 5. The maximum Gasteiger partial charge on any atom is 0.0802 e. The van der Waals surface area contributed by atoms with Gasteiger partial charge in [-0.1, -0.05) is 0 Å². The normalized spacial score (nSPS) is 19.2. The van der Waals surface area contributed by atoms with Crippen LogP contribution in [0.3, 0.4) is 0 Å². The van der Waals surface area contributed by atoms with Crippen molar-refractivity contribution in [1.82, 2.24) is 10.3 Å². The Kier molecular flexibility index (Phi) is 2.89. The molecule has 0 amide bonds. The smallest absolute Gasteiger partial charge is 0.0802 e. The molecule has 0 radical (unpaired) electrons. The van der Waals surface area contributed by atoms with Crippen LogP contribution < -0.4 is 5.32 Å². The molecule has 14 heavy (non-hydrogen) atoms. The summed E-state index contributed by atoms with van der Waals surface area (Å²) in [5, 5.41) is 3.43. The second-order valence-corrected chi connectivity index (χ2v) is 4.04. The van der Waals surface area contributed by atoms with E-state index in [2.05, 4.69) is 16.4 Å². The minimum Gasteiger partial charge on any atom is -0.377 e. The molecule has 78 valence electrons. The first-order valence-corrected chi connectivity index (χ1v) is 5.23. The van der Waals surface area contributed by atoms with E-state index in [0.717, 1.165) is 13.1 Å². The topological polar surface area (TPSA) is 37.0 Å². The lowest BCUT2D eigenvalue weighted by Gasteiger charge is -2.40. The molecule has 2 rings (SSSR count). The van der Waals surface area contributed by atoms with Crippen LogP contribution in [0.2, 0.25) is 0 Å². The molecule has 1 aromatic heterocycles. The third-order valence-corrected chi connectivity index (χ3v) is 3.12. The van der Waals surface area contributed by atoms with Crippen LogP contribution in [0, 0.1) is 0 Å². The van der Waals surface area contributed by atoms with Gasteiger partial charge in [0.1, 0.15) is 0 Å². The van der Waals surface area contributed by atoms with Crippen LogP contribution in [0.15, 0.2) is 18.3 Å². The average molecular weight is 194 g/mol. The Labute approximate surface area is 84.9 Å². The molecule has 0 spiro atoms. The van der Waals surface area contributed by atoms with Crippen LogP contribution in [0.1, 0.15) is 25.0 Å². The lowest BCUT2D eigenvalue weighted by molar-refractivity contribution is -0.0695. The molecule has 3 nitrogen and oxygen atoms in total. The van der Waals surface area contributed by atoms with Crippen molar-refractivity contribution in [1.29, 1.82) is 0 Å². The molecule has 0 saturated heterocycles. The second kappa shape index (κ2) is 4.15. The van der Waals surface area contributed by atoms with Crippen LogP contribution >= 0.6 is 0 Å². The van der Waals surface area contributed by atoms with E-state index in [4.69, 9.17) is 4.74 Å². The fraction of sp³-hybridized carbons (Fsp3) is 0.636. The fourth-order valence-electron chi connectivity index (χ4n) is 1.93. The molecule has 1 fully saturated rings. The summed E-state index contributed by atoms with van der Waals surface area (Å²) in [6.45, 7) is 1.86. The molecule has 1 aliphatic carbocycles. The maximum atomic E-state index is 5.52. The van der Waals surface area contributed by atoms with Gasteiger partial charge in [0, 0.05) is 32.1 Å². The van der Waals surface area contributed by atoms with Crippen LogP contribution in [-0.4, -0.2) is 24.2 Å². The van der Waals surface area contributed by atoms with Gasteiger partial charge in [-0.05, 0) is 31.4 Å². The highest BCUT2D eigenvalue weighted by atomic mass is 16.5. The zero-order valence-corrected chi connectivity index (χ0v) is 8.68. The molecule has 0 aromatic carbocycles. The van der Waals surface area contributed by atoms with Gasteiger partial charge in [-0.2, -0.15) is 0 Å². The Morgan fingerprint density at radius 2 is 2.43 bits per heavy atom. The van der Waals surface area contributed by atoms with Crippen molar-refractivity contribution in [3.8, 4) is 0 Å². The van der Waals surface area contributed by atoms with Crippen molar-refractivity contribution in [2.24, 2.45) is 0 Å². The highest BCUT2D eigenvalue weighted by Gasteiger charge is 2.36. The predicted octanol–water partition coefficient (Wildman–Crippen LogP) is 1.67. The minimum absolute atomic E-state index is 0.132. The molecule has 0 aliphatic heterocycles. The average Bonchev–Trinajstić information content (AvgIpc) is 2.62. The van der Waals surface area contributed by atoms with E-state index >= 15 is 0 Å². The van der Waals surface area contributed by atoms with E-state index in [1.807, 2.05) is 19.4 Å². The highest BCUT2D eigenvalue weighted by molar-refractivity contribution is 5.03. The molecule has 3 heteroatoms. The lowest BCUT2D eigenvalue weighted by Crippen LogP contribution is -2.47. The zero-order chi connectivity index (χ0) is 9.86. The molecule has 1 aromatic rings. The van der Waals surface area contributed by atoms with E-state index in [1.165, 1.54) is 25.0 Å². The molecule has 1 saturated carbocycles. The van der Waals surface area contributed by atoms with Crippen LogP contribution in [0.4, 0.5) is 0 Å². The molecule has 1 heterocycles. The highest BCUT2D eigenvalue weighted by Crippen LogP contribution is 2.34. The molecule has 2 N–H and O–H groups in total. The van der Waals surface area contributed by atoms with Gasteiger partial charge < -0.3 is 15.0 Å². The van der Waals surface area contributed by atoms with Gasteiger partial charge in [0.25, 0.3) is 0 Å². The standard InChI is InChI=1S/C11H18N2O/c1-14-11(5-3-6-11)9-12-8-10-4-2-7-13-10/h2,4,7,12-13H,3,5-6,8-9H2,1H3. The van der Waals surface area contributed by atoms with Gasteiger partial charge in [0.15, 0.2) is 0 Å². The number of aromatic nitrogens is 1. The summed E-state index contributed by atoms with van der Waals surface area (Å²) < 4.78 is 5.52. The van der Waals surface area contributed by atoms with Crippen molar-refractivity contribution < 1.29 is 4.74 Å². The fourth-order valence-corrected chi connectivity index (χ4v) is 1.93. The summed E-state index contributed by atoms with van der Waals surface area (Å²) >= 11 is 0. The van der Waals surface area contributed by atoms with Gasteiger partial charge in [-0.15, -0.1) is 0 Å². The molecular weight excluding hydrogens is 176 g/mol. The van der Waals surface area contributed by atoms with Crippen LogP contribution in [-0.2, 0) is 11.3 Å². The van der Waals surface area contributed by atoms with Crippen molar-refractivity contribution in [3.63, 3.8) is 0 Å². The number of H-pyrrole nitrogens is 1. The first kappa shape index (κ1) is 9.74. The Balaban J connectivity index is 1.72. The van der Waals surface area contributed by atoms with Crippen LogP contribution in [0.25, 0.3) is 0 Å². The van der Waals surface area contributed by atoms with Crippen molar-refractivity contribution in [3.05, 3.63) is 24.0 Å². The van der Waals surface area contributed by atoms with E-state index in [-0.39, 0.29) is 5.60 Å². The van der Waals surface area contributed by atoms with Crippen molar-refractivity contribution in [2.45, 2.75) is 31.4 Å². The largest absolute Gasteiger partial charge is 0.377 e. The van der Waals surface area contributed by atoms with Gasteiger partial charge >= 0.3 is 0 Å². The number of ether oxygens (including phenoxy) is 1. The van der Waals surface area contributed by atoms with Gasteiger partial charge in [-0.3, -0.25) is 0 Å². The number of aromatic amines is 1. The summed E-state index contributed by atoms with van der Waals surface area (Å²) in [5.74, 6) is 0. The van der Waals surface area contributed by atoms with E-state index in [1.54, 1.807) is 0 Å². The quantitative estimate of drug-likeness (QED) is 0.748. The first-order chi connectivity index (χ1) is 6.85. The predicted molar refractivity (Wildman–Crippen MR) is 56.1 cm³/mol. The second-order valence-electron chi connectivity index (χ2n) is 4.04. The van der Waals surface area contributed by atoms with E-state index in [9.17, 15) is 0 Å².